The molecule has 0 spiro atoms. The SMILES string of the molecule is N=C/C(c1ccc2c3c(cccc13)-c1c-2c(C2C=CC=CC2)c2ccccc2c1-c1ccccc1)=c1/cccc/c1=C\C1CCC2C=CC=CC2=N1. The molecule has 1 aliphatic heterocycles. The first-order valence-electron chi connectivity index (χ1n) is 18.6. The molecule has 2 heteroatoms. The largest absolute Gasteiger partial charge is 0.308 e. The van der Waals surface area contributed by atoms with Crippen LogP contribution in [0.25, 0.3) is 66.6 Å². The van der Waals surface area contributed by atoms with Gasteiger partial charge in [0.15, 0.2) is 0 Å². The van der Waals surface area contributed by atoms with Crippen molar-refractivity contribution in [1.82, 2.24) is 0 Å². The average molecular weight is 667 g/mol. The Morgan fingerprint density at radius 3 is 2.27 bits per heavy atom. The van der Waals surface area contributed by atoms with Crippen molar-refractivity contribution in [2.75, 3.05) is 0 Å². The van der Waals surface area contributed by atoms with Gasteiger partial charge in [0.1, 0.15) is 0 Å². The Bertz CT molecular complexity index is 2740. The first kappa shape index (κ1) is 30.7. The van der Waals surface area contributed by atoms with Crippen LogP contribution < -0.4 is 10.4 Å². The Hall–Kier alpha value is -6.12. The summed E-state index contributed by atoms with van der Waals surface area (Å²) < 4.78 is 0. The number of rotatable bonds is 5. The minimum atomic E-state index is 0.116. The second-order valence-corrected chi connectivity index (χ2v) is 14.4. The summed E-state index contributed by atoms with van der Waals surface area (Å²) in [5.41, 5.74) is 12.4. The van der Waals surface area contributed by atoms with Crippen LogP contribution in [0.2, 0.25) is 0 Å². The molecular weight excluding hydrogens is 629 g/mol. The van der Waals surface area contributed by atoms with Gasteiger partial charge in [-0.15, -0.1) is 0 Å². The van der Waals surface area contributed by atoms with Crippen molar-refractivity contribution in [3.63, 3.8) is 0 Å². The van der Waals surface area contributed by atoms with Crippen LogP contribution in [0.3, 0.4) is 0 Å². The molecule has 3 atom stereocenters. The first-order valence-corrected chi connectivity index (χ1v) is 18.6. The van der Waals surface area contributed by atoms with Gasteiger partial charge in [0, 0.05) is 29.3 Å². The van der Waals surface area contributed by atoms with Crippen molar-refractivity contribution >= 4 is 45.1 Å². The van der Waals surface area contributed by atoms with E-state index in [0.717, 1.165) is 40.8 Å². The quantitative estimate of drug-likeness (QED) is 0.178. The van der Waals surface area contributed by atoms with Gasteiger partial charge in [0.2, 0.25) is 0 Å². The standard InChI is InChI=1S/C50H38N2/c51-31-44(37-20-9-7-19-35(37)30-36-27-26-32-14-8-12-25-45(32)52-36)38-28-29-43-48-39(38)23-13-24-42(48)49-46(33-15-3-1-4-16-33)40-21-10-11-22-41(40)47(50(43)49)34-17-5-2-6-18-34/h1-17,19-25,28-32,34,36,51H,18,26-27H2/b35-30+,44-37+,51-31?. The smallest absolute Gasteiger partial charge is 0.0692 e. The van der Waals surface area contributed by atoms with Crippen molar-refractivity contribution in [3.8, 4) is 33.4 Å². The lowest BCUT2D eigenvalue weighted by molar-refractivity contribution is 0.606. The third kappa shape index (κ3) is 4.86. The van der Waals surface area contributed by atoms with Gasteiger partial charge in [-0.25, -0.2) is 0 Å². The summed E-state index contributed by atoms with van der Waals surface area (Å²) in [4.78, 5) is 5.15. The number of allylic oxidation sites excluding steroid dienone is 8. The molecule has 0 bridgehead atoms. The summed E-state index contributed by atoms with van der Waals surface area (Å²) >= 11 is 0. The maximum absolute atomic E-state index is 8.88. The molecule has 0 saturated heterocycles. The van der Waals surface area contributed by atoms with E-state index in [2.05, 4.69) is 164 Å². The summed E-state index contributed by atoms with van der Waals surface area (Å²) in [6.07, 6.45) is 24.7. The molecule has 0 aromatic heterocycles. The highest BCUT2D eigenvalue weighted by atomic mass is 14.8. The van der Waals surface area contributed by atoms with Crippen LogP contribution in [0, 0.1) is 11.3 Å². The lowest BCUT2D eigenvalue weighted by atomic mass is 9.79. The van der Waals surface area contributed by atoms with Crippen molar-refractivity contribution in [2.45, 2.75) is 31.2 Å². The molecule has 248 valence electrons. The second-order valence-electron chi connectivity index (χ2n) is 14.4. The molecule has 2 nitrogen and oxygen atoms in total. The van der Waals surface area contributed by atoms with Crippen molar-refractivity contribution < 1.29 is 0 Å². The number of nitrogens with one attached hydrogen (secondary N) is 1. The Balaban J connectivity index is 1.24. The lowest BCUT2D eigenvalue weighted by Gasteiger charge is -2.24. The molecule has 0 saturated carbocycles. The molecule has 6 aromatic carbocycles. The maximum Gasteiger partial charge on any atom is 0.0692 e. The maximum atomic E-state index is 8.88. The monoisotopic (exact) mass is 666 g/mol. The summed E-state index contributed by atoms with van der Waals surface area (Å²) in [5.74, 6) is 0.708. The van der Waals surface area contributed by atoms with Gasteiger partial charge >= 0.3 is 0 Å². The number of aliphatic imine (C=N–C) groups is 1. The molecule has 10 rings (SSSR count). The van der Waals surface area contributed by atoms with Gasteiger partial charge in [-0.05, 0) is 102 Å². The molecule has 0 radical (unpaired) electrons. The van der Waals surface area contributed by atoms with Crippen molar-refractivity contribution in [2.24, 2.45) is 10.9 Å². The van der Waals surface area contributed by atoms with E-state index in [1.54, 1.807) is 6.21 Å². The van der Waals surface area contributed by atoms with E-state index in [1.165, 1.54) is 66.2 Å². The van der Waals surface area contributed by atoms with Gasteiger partial charge in [0.05, 0.1) is 6.04 Å². The molecule has 1 heterocycles. The highest BCUT2D eigenvalue weighted by molar-refractivity contribution is 6.26. The lowest BCUT2D eigenvalue weighted by Crippen LogP contribution is -2.30. The minimum absolute atomic E-state index is 0.116. The van der Waals surface area contributed by atoms with Gasteiger partial charge in [-0.2, -0.15) is 0 Å². The van der Waals surface area contributed by atoms with Crippen LogP contribution in [0.1, 0.15) is 36.3 Å². The highest BCUT2D eigenvalue weighted by Crippen LogP contribution is 2.57. The normalized spacial score (nSPS) is 20.6. The van der Waals surface area contributed by atoms with E-state index in [4.69, 9.17) is 10.4 Å². The van der Waals surface area contributed by atoms with Crippen LogP contribution in [-0.2, 0) is 0 Å². The van der Waals surface area contributed by atoms with Crippen molar-refractivity contribution in [3.05, 3.63) is 179 Å². The fraction of sp³-hybridized carbons (Fsp3) is 0.120. The Kier molecular flexibility index (Phi) is 7.42. The van der Waals surface area contributed by atoms with E-state index in [-0.39, 0.29) is 12.0 Å². The summed E-state index contributed by atoms with van der Waals surface area (Å²) in [6, 6.07) is 40.0. The Morgan fingerprint density at radius 1 is 0.635 bits per heavy atom. The fourth-order valence-corrected chi connectivity index (χ4v) is 9.24. The summed E-state index contributed by atoms with van der Waals surface area (Å²) in [5, 5.41) is 16.2. The van der Waals surface area contributed by atoms with E-state index >= 15 is 0 Å². The molecule has 3 aliphatic carbocycles. The number of fused-ring (bicyclic) bond motifs is 5. The third-order valence-corrected chi connectivity index (χ3v) is 11.5. The predicted octanol–water partition coefficient (Wildman–Crippen LogP) is 10.9. The van der Waals surface area contributed by atoms with Gasteiger partial charge in [-0.3, -0.25) is 4.99 Å². The molecule has 3 unspecified atom stereocenters. The zero-order valence-electron chi connectivity index (χ0n) is 29.0. The number of nitrogens with zero attached hydrogens (tertiary/aromatic N) is 1. The molecule has 0 fully saturated rings. The molecule has 0 amide bonds. The minimum Gasteiger partial charge on any atom is -0.308 e. The zero-order valence-corrected chi connectivity index (χ0v) is 29.0. The van der Waals surface area contributed by atoms with E-state index < -0.39 is 0 Å². The molecule has 6 aromatic rings. The second kappa shape index (κ2) is 12.6. The topological polar surface area (TPSA) is 36.2 Å². The van der Waals surface area contributed by atoms with Crippen LogP contribution in [0.15, 0.2) is 163 Å². The number of hydrogen-bond donors (Lipinski definition) is 1. The first-order chi connectivity index (χ1) is 25.8. The van der Waals surface area contributed by atoms with E-state index in [9.17, 15) is 0 Å². The molecule has 52 heavy (non-hydrogen) atoms. The fourth-order valence-electron chi connectivity index (χ4n) is 9.24. The number of benzene rings is 6. The zero-order chi connectivity index (χ0) is 34.6. The summed E-state index contributed by atoms with van der Waals surface area (Å²) in [6.45, 7) is 0. The molecule has 1 N–H and O–H groups in total. The molecular formula is C50H38N2. The predicted molar refractivity (Wildman–Crippen MR) is 221 cm³/mol. The van der Waals surface area contributed by atoms with Crippen molar-refractivity contribution in [1.29, 1.82) is 5.41 Å². The van der Waals surface area contributed by atoms with E-state index in [0.29, 0.717) is 5.92 Å². The van der Waals surface area contributed by atoms with Crippen LogP contribution in [0.5, 0.6) is 0 Å². The van der Waals surface area contributed by atoms with Crippen LogP contribution in [-0.4, -0.2) is 18.0 Å². The molecule has 4 aliphatic rings. The highest BCUT2D eigenvalue weighted by Gasteiger charge is 2.32. The van der Waals surface area contributed by atoms with Gasteiger partial charge < -0.3 is 5.41 Å². The third-order valence-electron chi connectivity index (χ3n) is 11.5. The number of hydrogen-bond acceptors (Lipinski definition) is 2. The van der Waals surface area contributed by atoms with Gasteiger partial charge in [0.25, 0.3) is 0 Å². The Morgan fingerprint density at radius 2 is 1.40 bits per heavy atom. The van der Waals surface area contributed by atoms with Gasteiger partial charge in [-0.1, -0.05) is 158 Å². The van der Waals surface area contributed by atoms with Crippen LogP contribution >= 0.6 is 0 Å². The average Bonchev–Trinajstić information content (AvgIpc) is 3.54. The van der Waals surface area contributed by atoms with E-state index in [1.807, 2.05) is 0 Å². The van der Waals surface area contributed by atoms with Crippen LogP contribution in [0.4, 0.5) is 0 Å². The Labute approximate surface area is 304 Å². The summed E-state index contributed by atoms with van der Waals surface area (Å²) in [7, 11) is 0.